The summed E-state index contributed by atoms with van der Waals surface area (Å²) in [5, 5.41) is 4.94. The zero-order valence-corrected chi connectivity index (χ0v) is 21.4. The van der Waals surface area contributed by atoms with Crippen LogP contribution in [0.3, 0.4) is 0 Å². The van der Waals surface area contributed by atoms with Gasteiger partial charge in [0, 0.05) is 55.3 Å². The number of alkyl halides is 3. The minimum Gasteiger partial charge on any atom is -0.404 e. The van der Waals surface area contributed by atoms with Crippen molar-refractivity contribution in [2.75, 3.05) is 50.4 Å². The molecule has 39 heavy (non-hydrogen) atoms. The number of ether oxygens (including phenoxy) is 1. The highest BCUT2D eigenvalue weighted by Gasteiger charge is 2.32. The Bertz CT molecular complexity index is 1250. The number of likely N-dealkylation sites (N-methyl/N-ethyl adjacent to an activating group) is 1. The monoisotopic (exact) mass is 548 g/mol. The molecule has 1 aliphatic heterocycles. The van der Waals surface area contributed by atoms with Crippen LogP contribution in [0, 0.1) is 0 Å². The number of halogens is 4. The molecule has 1 aromatic heterocycles. The number of aromatic nitrogens is 1. The molecule has 2 aromatic rings. The number of piperazine rings is 1. The third-order valence-electron chi connectivity index (χ3n) is 5.74. The minimum absolute atomic E-state index is 0.0295. The summed E-state index contributed by atoms with van der Waals surface area (Å²) in [7, 11) is 1.96. The van der Waals surface area contributed by atoms with Crippen LogP contribution in [0.2, 0.25) is 0 Å². The number of pyridine rings is 1. The molecule has 2 N–H and O–H groups in total. The number of carbonyl (C=O) groups is 2. The van der Waals surface area contributed by atoms with Crippen LogP contribution in [0.1, 0.15) is 22.8 Å². The van der Waals surface area contributed by atoms with Gasteiger partial charge in [-0.1, -0.05) is 12.7 Å². The molecule has 1 aliphatic rings. The van der Waals surface area contributed by atoms with Gasteiger partial charge >= 0.3 is 6.36 Å². The Hall–Kier alpha value is -4.10. The smallest absolute Gasteiger partial charge is 0.404 e. The largest absolute Gasteiger partial charge is 0.573 e. The summed E-state index contributed by atoms with van der Waals surface area (Å²) in [4.78, 5) is 37.0. The van der Waals surface area contributed by atoms with Gasteiger partial charge in [-0.05, 0) is 44.3 Å². The minimum atomic E-state index is -5.01. The molecule has 0 unspecified atom stereocenters. The number of hydrogen-bond acceptors (Lipinski definition) is 7. The molecule has 0 bridgehead atoms. The van der Waals surface area contributed by atoms with E-state index in [9.17, 15) is 27.2 Å². The Kier molecular flexibility index (Phi) is 9.90. The Labute approximate surface area is 222 Å². The van der Waals surface area contributed by atoms with Crippen LogP contribution < -0.4 is 15.4 Å². The average molecular weight is 549 g/mol. The molecule has 1 aromatic carbocycles. The van der Waals surface area contributed by atoms with Crippen molar-refractivity contribution in [2.45, 2.75) is 13.3 Å². The van der Waals surface area contributed by atoms with Gasteiger partial charge in [0.05, 0.1) is 12.2 Å². The summed E-state index contributed by atoms with van der Waals surface area (Å²) in [5.41, 5.74) is 0.218. The molecule has 13 heteroatoms. The Morgan fingerprint density at radius 2 is 1.82 bits per heavy atom. The molecule has 0 saturated carbocycles. The maximum Gasteiger partial charge on any atom is 0.573 e. The summed E-state index contributed by atoms with van der Waals surface area (Å²) >= 11 is 0. The molecule has 208 valence electrons. The summed E-state index contributed by atoms with van der Waals surface area (Å²) < 4.78 is 57.0. The van der Waals surface area contributed by atoms with E-state index in [1.807, 2.05) is 11.9 Å². The van der Waals surface area contributed by atoms with E-state index in [-0.39, 0.29) is 29.2 Å². The van der Waals surface area contributed by atoms with E-state index < -0.39 is 29.9 Å². The summed E-state index contributed by atoms with van der Waals surface area (Å²) in [5.74, 6) is -2.55. The van der Waals surface area contributed by atoms with Crippen molar-refractivity contribution in [1.82, 2.24) is 14.8 Å². The van der Waals surface area contributed by atoms with Crippen LogP contribution in [-0.4, -0.2) is 78.7 Å². The van der Waals surface area contributed by atoms with Crippen molar-refractivity contribution in [3.05, 3.63) is 66.5 Å². The van der Waals surface area contributed by atoms with Gasteiger partial charge in [-0.25, -0.2) is 9.98 Å². The maximum absolute atomic E-state index is 14.1. The molecular formula is C26H28F4N6O3. The Morgan fingerprint density at radius 1 is 1.13 bits per heavy atom. The van der Waals surface area contributed by atoms with E-state index in [1.54, 1.807) is 6.92 Å². The van der Waals surface area contributed by atoms with Crippen molar-refractivity contribution in [3.63, 3.8) is 0 Å². The number of aliphatic imine (C=N–C) groups is 1. The van der Waals surface area contributed by atoms with Crippen molar-refractivity contribution in [3.8, 4) is 5.75 Å². The van der Waals surface area contributed by atoms with Gasteiger partial charge in [-0.2, -0.15) is 4.39 Å². The van der Waals surface area contributed by atoms with E-state index in [0.717, 1.165) is 37.5 Å². The number of benzene rings is 1. The molecule has 0 radical (unpaired) electrons. The van der Waals surface area contributed by atoms with Gasteiger partial charge < -0.3 is 20.3 Å². The van der Waals surface area contributed by atoms with Crippen LogP contribution in [0.25, 0.3) is 5.57 Å². The lowest BCUT2D eigenvalue weighted by Crippen LogP contribution is -2.47. The number of carbonyl (C=O) groups excluding carboxylic acids is 2. The van der Waals surface area contributed by atoms with Crippen molar-refractivity contribution >= 4 is 34.9 Å². The lowest BCUT2D eigenvalue weighted by Gasteiger charge is -2.31. The molecule has 1 fully saturated rings. The standard InChI is InChI=1S/C26H28F4N6O3/c1-4-19(24(27)31-5-2)18-7-9-22(32-15-18)34-25(38)17-6-8-21(39-26(28,29)30)20(14-17)33-23(37)16-36-12-10-35(3)11-13-36/h4-9,14-15H,2,10-13,16H2,1,3H3,(H,33,37)(H,32,34,38)/b19-4-,31-24?. The van der Waals surface area contributed by atoms with Crippen LogP contribution >= 0.6 is 0 Å². The van der Waals surface area contributed by atoms with Gasteiger partial charge in [0.15, 0.2) is 5.75 Å². The number of hydrogen-bond donors (Lipinski definition) is 2. The molecule has 0 spiro atoms. The maximum atomic E-state index is 14.1. The van der Waals surface area contributed by atoms with E-state index in [2.05, 4.69) is 36.8 Å². The summed E-state index contributed by atoms with van der Waals surface area (Å²) in [6.45, 7) is 7.72. The fourth-order valence-electron chi connectivity index (χ4n) is 3.75. The van der Waals surface area contributed by atoms with Gasteiger partial charge in [-0.3, -0.25) is 14.5 Å². The number of nitrogens with zero attached hydrogens (tertiary/aromatic N) is 4. The van der Waals surface area contributed by atoms with Gasteiger partial charge in [-0.15, -0.1) is 13.2 Å². The van der Waals surface area contributed by atoms with Crippen molar-refractivity contribution < 1.29 is 31.9 Å². The fourth-order valence-corrected chi connectivity index (χ4v) is 3.75. The van der Waals surface area contributed by atoms with E-state index in [0.29, 0.717) is 18.7 Å². The first-order chi connectivity index (χ1) is 18.5. The predicted octanol–water partition coefficient (Wildman–Crippen LogP) is 4.33. The number of allylic oxidation sites excluding steroid dienone is 2. The van der Waals surface area contributed by atoms with E-state index in [1.165, 1.54) is 24.4 Å². The molecule has 3 rings (SSSR count). The van der Waals surface area contributed by atoms with Crippen LogP contribution in [0.15, 0.2) is 60.4 Å². The van der Waals surface area contributed by atoms with Crippen LogP contribution in [0.4, 0.5) is 29.1 Å². The highest BCUT2D eigenvalue weighted by atomic mass is 19.4. The van der Waals surface area contributed by atoms with Gasteiger partial charge in [0.1, 0.15) is 5.82 Å². The SMILES string of the molecule is C=CN=C(F)/C(=C\C)c1ccc(NC(=O)c2ccc(OC(F)(F)F)c(NC(=O)CN3CCN(C)CC3)c2)nc1. The van der Waals surface area contributed by atoms with Crippen molar-refractivity contribution in [2.24, 2.45) is 4.99 Å². The Balaban J connectivity index is 1.76. The number of rotatable bonds is 9. The fraction of sp³-hybridized carbons (Fsp3) is 0.308. The lowest BCUT2D eigenvalue weighted by molar-refractivity contribution is -0.274. The zero-order valence-electron chi connectivity index (χ0n) is 21.4. The van der Waals surface area contributed by atoms with E-state index in [4.69, 9.17) is 0 Å². The first-order valence-electron chi connectivity index (χ1n) is 11.9. The highest BCUT2D eigenvalue weighted by molar-refractivity contribution is 6.19. The quantitative estimate of drug-likeness (QED) is 0.358. The normalized spacial score (nSPS) is 15.5. The Morgan fingerprint density at radius 3 is 2.41 bits per heavy atom. The third kappa shape index (κ3) is 8.72. The summed E-state index contributed by atoms with van der Waals surface area (Å²) in [6, 6.07) is 6.11. The number of nitrogens with one attached hydrogen (secondary N) is 2. The highest BCUT2D eigenvalue weighted by Crippen LogP contribution is 2.31. The van der Waals surface area contributed by atoms with Crippen molar-refractivity contribution in [1.29, 1.82) is 0 Å². The average Bonchev–Trinajstić information content (AvgIpc) is 2.87. The second-order valence-corrected chi connectivity index (χ2v) is 8.58. The van der Waals surface area contributed by atoms with Crippen LogP contribution in [0.5, 0.6) is 5.75 Å². The molecule has 1 saturated heterocycles. The van der Waals surface area contributed by atoms with Crippen LogP contribution in [-0.2, 0) is 4.79 Å². The first-order valence-corrected chi connectivity index (χ1v) is 11.9. The second kappa shape index (κ2) is 13.1. The summed E-state index contributed by atoms with van der Waals surface area (Å²) in [6.07, 6.45) is -1.11. The van der Waals surface area contributed by atoms with Gasteiger partial charge in [0.2, 0.25) is 11.9 Å². The lowest BCUT2D eigenvalue weighted by atomic mass is 10.1. The first kappa shape index (κ1) is 29.5. The van der Waals surface area contributed by atoms with Gasteiger partial charge in [0.25, 0.3) is 5.91 Å². The molecule has 0 atom stereocenters. The molecule has 2 heterocycles. The van der Waals surface area contributed by atoms with E-state index >= 15 is 0 Å². The topological polar surface area (TPSA) is 99.2 Å². The number of amides is 2. The molecule has 9 nitrogen and oxygen atoms in total. The predicted molar refractivity (Wildman–Crippen MR) is 140 cm³/mol. The number of anilines is 2. The molecule has 2 amide bonds. The molecule has 0 aliphatic carbocycles. The zero-order chi connectivity index (χ0) is 28.6. The second-order valence-electron chi connectivity index (χ2n) is 8.58. The third-order valence-corrected chi connectivity index (χ3v) is 5.74. The molecular weight excluding hydrogens is 520 g/mol.